The topological polar surface area (TPSA) is 48.3 Å². The molecule has 0 N–H and O–H groups in total. The zero-order chi connectivity index (χ0) is 65.0. The fraction of sp³-hybridized carbons (Fsp3) is 0. The third-order valence-corrected chi connectivity index (χ3v) is 19.2. The summed E-state index contributed by atoms with van der Waals surface area (Å²) >= 11 is 0. The van der Waals surface area contributed by atoms with E-state index in [0.717, 1.165) is 156 Å². The number of rotatable bonds is 14. The number of nitriles is 1. The molecule has 0 saturated heterocycles. The lowest BCUT2D eigenvalue weighted by atomic mass is 9.87. The Morgan fingerprint density at radius 2 is 0.429 bits per heavy atom. The van der Waals surface area contributed by atoms with E-state index >= 15 is 0 Å². The number of nitrogens with zero attached hydrogens (tertiary/aromatic N) is 7. The largest absolute Gasteiger partial charge is 0.310 e. The molecule has 0 amide bonds. The third-order valence-electron chi connectivity index (χ3n) is 19.2. The van der Waals surface area contributed by atoms with Gasteiger partial charge in [-0.25, -0.2) is 0 Å². The second-order valence-electron chi connectivity index (χ2n) is 24.7. The Morgan fingerprint density at radius 1 is 0.204 bits per heavy atom. The van der Waals surface area contributed by atoms with E-state index < -0.39 is 0 Å². The number of anilines is 9. The van der Waals surface area contributed by atoms with Crippen molar-refractivity contribution in [2.75, 3.05) is 14.7 Å². The molecule has 460 valence electrons. The van der Waals surface area contributed by atoms with E-state index in [1.165, 1.54) is 0 Å². The van der Waals surface area contributed by atoms with Crippen LogP contribution in [0.3, 0.4) is 0 Å². The van der Waals surface area contributed by atoms with Crippen LogP contribution in [-0.2, 0) is 0 Å². The van der Waals surface area contributed by atoms with Gasteiger partial charge in [-0.2, -0.15) is 5.26 Å². The van der Waals surface area contributed by atoms with Gasteiger partial charge < -0.3 is 28.4 Å². The van der Waals surface area contributed by atoms with Crippen molar-refractivity contribution in [1.82, 2.24) is 13.7 Å². The van der Waals surface area contributed by atoms with Crippen LogP contribution in [0, 0.1) is 11.3 Å². The number of hydrogen-bond donors (Lipinski definition) is 0. The molecular formula is C91H61N7. The summed E-state index contributed by atoms with van der Waals surface area (Å²) in [6, 6.07) is 135. The van der Waals surface area contributed by atoms with Crippen LogP contribution in [0.1, 0.15) is 5.56 Å². The summed E-state index contributed by atoms with van der Waals surface area (Å²) in [6.07, 6.45) is 0. The van der Waals surface area contributed by atoms with Gasteiger partial charge in [0.05, 0.1) is 55.7 Å². The molecule has 15 aromatic carbocycles. The zero-order valence-electron chi connectivity index (χ0n) is 53.3. The Balaban J connectivity index is 1.04. The van der Waals surface area contributed by atoms with Gasteiger partial charge in [-0.05, 0) is 157 Å². The maximum Gasteiger partial charge on any atom is 0.101 e. The van der Waals surface area contributed by atoms with Crippen molar-refractivity contribution in [2.45, 2.75) is 0 Å². The fourth-order valence-corrected chi connectivity index (χ4v) is 15.1. The molecule has 18 rings (SSSR count). The Morgan fingerprint density at radius 3 is 0.694 bits per heavy atom. The van der Waals surface area contributed by atoms with Crippen molar-refractivity contribution in [3.8, 4) is 45.4 Å². The maximum absolute atomic E-state index is 12.8. The van der Waals surface area contributed by atoms with Gasteiger partial charge in [0.15, 0.2) is 0 Å². The van der Waals surface area contributed by atoms with Crippen LogP contribution in [-0.4, -0.2) is 13.7 Å². The molecule has 7 heteroatoms. The summed E-state index contributed by atoms with van der Waals surface area (Å²) < 4.78 is 7.48. The standard InChI is InChI=1S/C91H61N7/c92-62-80-87(63-31-9-1-10-32-63)89(96-81-50-28-25-47-74(81)77-59-71(53-56-84(77)96)93(65-35-13-3-14-36-65)66-37-15-4-16-38-66)91(98-83-52-30-27-49-76(83)79-61-73(55-58-86(79)98)95(69-43-21-7-22-44-69)70-45-23-8-24-46-70)90(88(80)64-33-11-2-12-34-64)97-82-51-29-26-48-75(82)78-60-72(54-57-85(78)97)94(67-39-17-5-18-40-67)68-41-19-6-20-42-68/h1-61H. The van der Waals surface area contributed by atoms with Gasteiger partial charge in [0.2, 0.25) is 0 Å². The Labute approximate surface area is 567 Å². The van der Waals surface area contributed by atoms with E-state index in [0.29, 0.717) is 5.56 Å². The molecule has 0 atom stereocenters. The molecule has 0 saturated carbocycles. The summed E-state index contributed by atoms with van der Waals surface area (Å²) in [4.78, 5) is 7.02. The lowest BCUT2D eigenvalue weighted by Crippen LogP contribution is -2.14. The van der Waals surface area contributed by atoms with E-state index in [4.69, 9.17) is 0 Å². The molecule has 0 spiro atoms. The third kappa shape index (κ3) is 9.50. The molecule has 7 nitrogen and oxygen atoms in total. The minimum atomic E-state index is 0.546. The van der Waals surface area contributed by atoms with Crippen molar-refractivity contribution >= 4 is 117 Å². The average molecular weight is 1250 g/mol. The monoisotopic (exact) mass is 1250 g/mol. The second kappa shape index (κ2) is 24.2. The molecule has 0 aliphatic heterocycles. The van der Waals surface area contributed by atoms with Crippen LogP contribution in [0.5, 0.6) is 0 Å². The minimum absolute atomic E-state index is 0.546. The van der Waals surface area contributed by atoms with Gasteiger partial charge in [0, 0.05) is 94.6 Å². The predicted octanol–water partition coefficient (Wildman–Crippen LogP) is 24.6. The highest BCUT2D eigenvalue weighted by molar-refractivity contribution is 6.18. The number of hydrogen-bond acceptors (Lipinski definition) is 4. The van der Waals surface area contributed by atoms with E-state index in [2.05, 4.69) is 405 Å². The van der Waals surface area contributed by atoms with Crippen molar-refractivity contribution in [3.05, 3.63) is 376 Å². The van der Waals surface area contributed by atoms with Gasteiger partial charge in [-0.3, -0.25) is 0 Å². The van der Waals surface area contributed by atoms with Crippen LogP contribution in [0.25, 0.3) is 105 Å². The summed E-state index contributed by atoms with van der Waals surface area (Å²) in [5.74, 6) is 0. The SMILES string of the molecule is N#Cc1c(-c2ccccc2)c(-n2c3ccccc3c3cc(N(c4ccccc4)c4ccccc4)ccc32)c(-n2c3ccccc3c3cc(N(c4ccccc4)c4ccccc4)ccc32)c(-n2c3ccccc3c3cc(N(c4ccccc4)c4ccccc4)ccc32)c1-c1ccccc1. The molecular weight excluding hydrogens is 1190 g/mol. The smallest absolute Gasteiger partial charge is 0.101 e. The highest BCUT2D eigenvalue weighted by atomic mass is 15.2. The lowest BCUT2D eigenvalue weighted by molar-refractivity contribution is 1.05. The molecule has 0 aliphatic rings. The summed E-state index contributed by atoms with van der Waals surface area (Å²) in [5, 5.41) is 19.2. The van der Waals surface area contributed by atoms with Crippen molar-refractivity contribution < 1.29 is 0 Å². The summed E-state index contributed by atoms with van der Waals surface area (Å²) in [5.41, 5.74) is 21.9. The minimum Gasteiger partial charge on any atom is -0.310 e. The lowest BCUT2D eigenvalue weighted by Gasteiger charge is -2.29. The van der Waals surface area contributed by atoms with Crippen molar-refractivity contribution in [2.24, 2.45) is 0 Å². The van der Waals surface area contributed by atoms with Gasteiger partial charge in [0.1, 0.15) is 6.07 Å². The first kappa shape index (κ1) is 57.3. The summed E-state index contributed by atoms with van der Waals surface area (Å²) in [7, 11) is 0. The number of fused-ring (bicyclic) bond motifs is 9. The van der Waals surface area contributed by atoms with Crippen molar-refractivity contribution in [3.63, 3.8) is 0 Å². The molecule has 0 fully saturated rings. The first-order chi connectivity index (χ1) is 48.7. The molecule has 0 unspecified atom stereocenters. The Bertz CT molecular complexity index is 5660. The van der Waals surface area contributed by atoms with E-state index in [-0.39, 0.29) is 0 Å². The van der Waals surface area contributed by atoms with E-state index in [9.17, 15) is 5.26 Å². The first-order valence-electron chi connectivity index (χ1n) is 33.2. The molecule has 3 heterocycles. The van der Waals surface area contributed by atoms with Crippen LogP contribution >= 0.6 is 0 Å². The van der Waals surface area contributed by atoms with E-state index in [1.54, 1.807) is 0 Å². The number of para-hydroxylation sites is 9. The van der Waals surface area contributed by atoms with Crippen molar-refractivity contribution in [1.29, 1.82) is 5.26 Å². The highest BCUT2D eigenvalue weighted by Crippen LogP contribution is 2.53. The van der Waals surface area contributed by atoms with Gasteiger partial charge in [-0.1, -0.05) is 224 Å². The van der Waals surface area contributed by atoms with Gasteiger partial charge in [-0.15, -0.1) is 0 Å². The predicted molar refractivity (Wildman–Crippen MR) is 409 cm³/mol. The summed E-state index contributed by atoms with van der Waals surface area (Å²) in [6.45, 7) is 0. The zero-order valence-corrected chi connectivity index (χ0v) is 53.3. The van der Waals surface area contributed by atoms with Crippen LogP contribution in [0.2, 0.25) is 0 Å². The average Bonchev–Trinajstić information content (AvgIpc) is 1.44. The first-order valence-corrected chi connectivity index (χ1v) is 33.2. The number of aromatic nitrogens is 3. The van der Waals surface area contributed by atoms with E-state index in [1.807, 2.05) is 0 Å². The molecule has 18 aromatic rings. The number of benzene rings is 15. The highest BCUT2D eigenvalue weighted by Gasteiger charge is 2.35. The Kier molecular flexibility index (Phi) is 14.1. The molecule has 98 heavy (non-hydrogen) atoms. The quantitative estimate of drug-likeness (QED) is 0.109. The molecule has 0 aliphatic carbocycles. The van der Waals surface area contributed by atoms with Crippen LogP contribution < -0.4 is 14.7 Å². The molecule has 0 bridgehead atoms. The molecule has 0 radical (unpaired) electrons. The fourth-order valence-electron chi connectivity index (χ4n) is 15.1. The normalized spacial score (nSPS) is 11.5. The molecule has 3 aromatic heterocycles. The Hall–Kier alpha value is -13.4. The second-order valence-corrected chi connectivity index (χ2v) is 24.7. The van der Waals surface area contributed by atoms with Gasteiger partial charge in [0.25, 0.3) is 0 Å². The van der Waals surface area contributed by atoms with Crippen LogP contribution in [0.15, 0.2) is 370 Å². The van der Waals surface area contributed by atoms with Crippen LogP contribution in [0.4, 0.5) is 51.2 Å². The van der Waals surface area contributed by atoms with Gasteiger partial charge >= 0.3 is 0 Å². The maximum atomic E-state index is 12.8.